The molecular weight excluding hydrogens is 449 g/mol. The molecule has 1 amide bonds. The Bertz CT molecular complexity index is 1350. The lowest BCUT2D eigenvalue weighted by Gasteiger charge is -2.34. The van der Waals surface area contributed by atoms with E-state index in [9.17, 15) is 18.0 Å². The molecule has 0 spiro atoms. The van der Waals surface area contributed by atoms with Gasteiger partial charge in [-0.25, -0.2) is 9.97 Å². The van der Waals surface area contributed by atoms with E-state index in [-0.39, 0.29) is 17.2 Å². The van der Waals surface area contributed by atoms with E-state index in [0.717, 1.165) is 17.3 Å². The Labute approximate surface area is 191 Å². The molecule has 0 aliphatic carbocycles. The van der Waals surface area contributed by atoms with Gasteiger partial charge in [0.2, 0.25) is 5.95 Å². The lowest BCUT2D eigenvalue weighted by molar-refractivity contribution is -0.141. The van der Waals surface area contributed by atoms with Crippen molar-refractivity contribution < 1.29 is 18.0 Å². The number of aromatic nitrogens is 6. The molecule has 4 aromatic heterocycles. The van der Waals surface area contributed by atoms with Gasteiger partial charge in [-0.05, 0) is 37.3 Å². The summed E-state index contributed by atoms with van der Waals surface area (Å²) < 4.78 is 40.3. The first kappa shape index (κ1) is 21.7. The predicted molar refractivity (Wildman–Crippen MR) is 116 cm³/mol. The Morgan fingerprint density at radius 3 is 2.47 bits per heavy atom. The number of hydrogen-bond acceptors (Lipinski definition) is 7. The van der Waals surface area contributed by atoms with Gasteiger partial charge in [0, 0.05) is 50.3 Å². The van der Waals surface area contributed by atoms with Crippen molar-refractivity contribution in [3.05, 3.63) is 65.9 Å². The monoisotopic (exact) mass is 468 g/mol. The molecule has 1 aliphatic rings. The molecule has 34 heavy (non-hydrogen) atoms. The summed E-state index contributed by atoms with van der Waals surface area (Å²) in [6, 6.07) is 7.62. The van der Waals surface area contributed by atoms with Crippen LogP contribution in [0.1, 0.15) is 21.7 Å². The summed E-state index contributed by atoms with van der Waals surface area (Å²) in [6.07, 6.45) is 0.536. The zero-order chi connectivity index (χ0) is 23.9. The summed E-state index contributed by atoms with van der Waals surface area (Å²) in [4.78, 5) is 33.0. The molecule has 0 atom stereocenters. The molecule has 1 aliphatic heterocycles. The molecule has 174 valence electrons. The third-order valence-electron chi connectivity index (χ3n) is 5.64. The van der Waals surface area contributed by atoms with Crippen molar-refractivity contribution in [3.63, 3.8) is 0 Å². The molecule has 0 saturated carbocycles. The number of halogens is 3. The fourth-order valence-corrected chi connectivity index (χ4v) is 3.88. The van der Waals surface area contributed by atoms with Gasteiger partial charge in [-0.1, -0.05) is 0 Å². The number of alkyl halides is 3. The van der Waals surface area contributed by atoms with E-state index in [1.807, 2.05) is 23.1 Å². The summed E-state index contributed by atoms with van der Waals surface area (Å²) in [5, 5.41) is 4.61. The number of carbonyl (C=O) groups excluding carboxylic acids is 1. The molecule has 0 radical (unpaired) electrons. The Kier molecular flexibility index (Phi) is 5.34. The van der Waals surface area contributed by atoms with Crippen molar-refractivity contribution >= 4 is 17.6 Å². The maximum Gasteiger partial charge on any atom is 0.433 e. The summed E-state index contributed by atoms with van der Waals surface area (Å²) in [5.41, 5.74) is 0.887. The average molecular weight is 468 g/mol. The van der Waals surface area contributed by atoms with Crippen LogP contribution in [0.3, 0.4) is 0 Å². The first-order valence-corrected chi connectivity index (χ1v) is 10.5. The van der Waals surface area contributed by atoms with Crippen LogP contribution in [0.25, 0.3) is 17.0 Å². The van der Waals surface area contributed by atoms with E-state index in [0.29, 0.717) is 37.9 Å². The highest BCUT2D eigenvalue weighted by atomic mass is 19.4. The highest BCUT2D eigenvalue weighted by Crippen LogP contribution is 2.28. The van der Waals surface area contributed by atoms with Crippen molar-refractivity contribution in [1.29, 1.82) is 0 Å². The minimum Gasteiger partial charge on any atom is -0.336 e. The van der Waals surface area contributed by atoms with Crippen LogP contribution in [0.5, 0.6) is 0 Å². The van der Waals surface area contributed by atoms with Gasteiger partial charge in [0.1, 0.15) is 5.69 Å². The van der Waals surface area contributed by atoms with E-state index in [2.05, 4.69) is 25.0 Å². The number of carbonyl (C=O) groups is 1. The van der Waals surface area contributed by atoms with Gasteiger partial charge in [0.15, 0.2) is 0 Å². The zero-order valence-corrected chi connectivity index (χ0v) is 18.1. The molecular formula is C22H19F3N8O. The SMILES string of the molecule is Cc1nc(C(F)(F)F)ccc1C(=O)N1CCN(c2nc3nccc(-c4cccnc4)n3n2)CC1. The Morgan fingerprint density at radius 1 is 1.00 bits per heavy atom. The highest BCUT2D eigenvalue weighted by Gasteiger charge is 2.33. The number of hydrogen-bond donors (Lipinski definition) is 0. The molecule has 4 aromatic rings. The minimum atomic E-state index is -4.55. The second-order valence-electron chi connectivity index (χ2n) is 7.80. The number of fused-ring (bicyclic) bond motifs is 1. The second kappa shape index (κ2) is 8.36. The lowest BCUT2D eigenvalue weighted by atomic mass is 10.1. The first-order valence-electron chi connectivity index (χ1n) is 10.5. The quantitative estimate of drug-likeness (QED) is 0.457. The Morgan fingerprint density at radius 2 is 1.79 bits per heavy atom. The largest absolute Gasteiger partial charge is 0.433 e. The minimum absolute atomic E-state index is 0.0540. The topological polar surface area (TPSA) is 92.4 Å². The normalized spacial score (nSPS) is 14.6. The van der Waals surface area contributed by atoms with Crippen LogP contribution in [0, 0.1) is 6.92 Å². The fourth-order valence-electron chi connectivity index (χ4n) is 3.88. The smallest absolute Gasteiger partial charge is 0.336 e. The number of piperazine rings is 1. The van der Waals surface area contributed by atoms with Crippen molar-refractivity contribution in [2.75, 3.05) is 31.1 Å². The van der Waals surface area contributed by atoms with Gasteiger partial charge in [0.25, 0.3) is 11.7 Å². The Balaban J connectivity index is 1.31. The highest BCUT2D eigenvalue weighted by molar-refractivity contribution is 5.95. The molecule has 5 heterocycles. The average Bonchev–Trinajstić information content (AvgIpc) is 3.28. The zero-order valence-electron chi connectivity index (χ0n) is 18.1. The molecule has 1 fully saturated rings. The van der Waals surface area contributed by atoms with Gasteiger partial charge >= 0.3 is 6.18 Å². The van der Waals surface area contributed by atoms with E-state index in [1.165, 1.54) is 13.0 Å². The molecule has 0 N–H and O–H groups in total. The Hall–Kier alpha value is -4.09. The van der Waals surface area contributed by atoms with Crippen LogP contribution < -0.4 is 4.90 Å². The van der Waals surface area contributed by atoms with Crippen molar-refractivity contribution in [2.45, 2.75) is 13.1 Å². The molecule has 9 nitrogen and oxygen atoms in total. The summed E-state index contributed by atoms with van der Waals surface area (Å²) in [5.74, 6) is 0.589. The number of amides is 1. The standard InChI is InChI=1S/C22H19F3N8O/c1-14-16(4-5-18(28-14)22(23,24)25)19(34)31-9-11-32(12-10-31)21-29-20-27-8-6-17(33(20)30-21)15-3-2-7-26-13-15/h2-8,13H,9-12H2,1H3. The summed E-state index contributed by atoms with van der Waals surface area (Å²) >= 11 is 0. The van der Waals surface area contributed by atoms with Crippen LogP contribution in [0.4, 0.5) is 19.1 Å². The van der Waals surface area contributed by atoms with Crippen molar-refractivity contribution in [2.24, 2.45) is 0 Å². The second-order valence-corrected chi connectivity index (χ2v) is 7.80. The molecule has 0 aromatic carbocycles. The van der Waals surface area contributed by atoms with Crippen molar-refractivity contribution in [1.82, 2.24) is 34.4 Å². The number of rotatable bonds is 3. The molecule has 1 saturated heterocycles. The van der Waals surface area contributed by atoms with Gasteiger partial charge in [-0.2, -0.15) is 22.7 Å². The number of nitrogens with zero attached hydrogens (tertiary/aromatic N) is 8. The van der Waals surface area contributed by atoms with E-state index in [4.69, 9.17) is 0 Å². The molecule has 0 unspecified atom stereocenters. The van der Waals surface area contributed by atoms with Crippen LogP contribution >= 0.6 is 0 Å². The third kappa shape index (κ3) is 4.02. The van der Waals surface area contributed by atoms with Crippen LogP contribution in [-0.2, 0) is 6.18 Å². The van der Waals surface area contributed by atoms with Gasteiger partial charge in [-0.15, -0.1) is 5.10 Å². The maximum absolute atomic E-state index is 12.9. The first-order chi connectivity index (χ1) is 16.3. The van der Waals surface area contributed by atoms with E-state index in [1.54, 1.807) is 28.0 Å². The predicted octanol–water partition coefficient (Wildman–Crippen LogP) is 2.87. The maximum atomic E-state index is 12.9. The number of aryl methyl sites for hydroxylation is 1. The third-order valence-corrected chi connectivity index (χ3v) is 5.64. The summed E-state index contributed by atoms with van der Waals surface area (Å²) in [7, 11) is 0. The van der Waals surface area contributed by atoms with E-state index < -0.39 is 11.9 Å². The molecule has 0 bridgehead atoms. The van der Waals surface area contributed by atoms with Crippen LogP contribution in [-0.4, -0.2) is 66.5 Å². The number of anilines is 1. The number of pyridine rings is 2. The van der Waals surface area contributed by atoms with Gasteiger partial charge < -0.3 is 9.80 Å². The lowest BCUT2D eigenvalue weighted by Crippen LogP contribution is -2.49. The molecule has 12 heteroatoms. The summed E-state index contributed by atoms with van der Waals surface area (Å²) in [6.45, 7) is 3.09. The fraction of sp³-hybridized carbons (Fsp3) is 0.273. The van der Waals surface area contributed by atoms with Gasteiger partial charge in [0.05, 0.1) is 17.0 Å². The van der Waals surface area contributed by atoms with Gasteiger partial charge in [-0.3, -0.25) is 9.78 Å². The van der Waals surface area contributed by atoms with Crippen LogP contribution in [0.15, 0.2) is 48.9 Å². The molecule has 5 rings (SSSR count). The van der Waals surface area contributed by atoms with E-state index >= 15 is 0 Å². The van der Waals surface area contributed by atoms with Crippen molar-refractivity contribution in [3.8, 4) is 11.3 Å². The van der Waals surface area contributed by atoms with Crippen LogP contribution in [0.2, 0.25) is 0 Å².